The topological polar surface area (TPSA) is 109 Å². The van der Waals surface area contributed by atoms with E-state index in [9.17, 15) is 22.8 Å². The molecule has 4 aromatic rings. The SMILES string of the molecule is Cc1ccc(NC(=O)c2ccccc2NC(=O)CCCS(=O)(=O)c2ccc(Cl)cc2)c(C(=O)c2ccccc2)c1. The first-order valence-corrected chi connectivity index (χ1v) is 14.6. The molecule has 0 spiro atoms. The molecule has 0 atom stereocenters. The van der Waals surface area contributed by atoms with Crippen LogP contribution in [-0.4, -0.2) is 31.8 Å². The van der Waals surface area contributed by atoms with E-state index in [1.807, 2.05) is 13.0 Å². The number of ketones is 1. The van der Waals surface area contributed by atoms with Gasteiger partial charge in [0.25, 0.3) is 5.91 Å². The number of anilines is 2. The summed E-state index contributed by atoms with van der Waals surface area (Å²) in [6.07, 6.45) is 0.0376. The lowest BCUT2D eigenvalue weighted by atomic mass is 9.99. The van der Waals surface area contributed by atoms with Crippen molar-refractivity contribution in [1.82, 2.24) is 0 Å². The van der Waals surface area contributed by atoms with Gasteiger partial charge in [0.15, 0.2) is 15.6 Å². The van der Waals surface area contributed by atoms with Crippen LogP contribution in [0.3, 0.4) is 0 Å². The van der Waals surface area contributed by atoms with E-state index >= 15 is 0 Å². The van der Waals surface area contributed by atoms with E-state index < -0.39 is 21.7 Å². The molecule has 204 valence electrons. The molecule has 0 radical (unpaired) electrons. The van der Waals surface area contributed by atoms with Crippen molar-refractivity contribution < 1.29 is 22.8 Å². The molecule has 0 heterocycles. The summed E-state index contributed by atoms with van der Waals surface area (Å²) in [5.74, 6) is -1.38. The summed E-state index contributed by atoms with van der Waals surface area (Å²) >= 11 is 5.83. The number of halogens is 1. The summed E-state index contributed by atoms with van der Waals surface area (Å²) in [7, 11) is -3.57. The Balaban J connectivity index is 1.44. The van der Waals surface area contributed by atoms with Crippen molar-refractivity contribution in [3.63, 3.8) is 0 Å². The number of sulfone groups is 1. The van der Waals surface area contributed by atoms with Crippen molar-refractivity contribution in [2.24, 2.45) is 0 Å². The lowest BCUT2D eigenvalue weighted by molar-refractivity contribution is -0.116. The first kappa shape index (κ1) is 28.7. The van der Waals surface area contributed by atoms with E-state index in [-0.39, 0.29) is 40.5 Å². The predicted octanol–water partition coefficient (Wildman–Crippen LogP) is 6.32. The molecule has 7 nitrogen and oxygen atoms in total. The second-order valence-electron chi connectivity index (χ2n) is 9.17. The van der Waals surface area contributed by atoms with Crippen LogP contribution >= 0.6 is 11.6 Å². The molecule has 9 heteroatoms. The lowest BCUT2D eigenvalue weighted by Gasteiger charge is -2.14. The van der Waals surface area contributed by atoms with Crippen molar-refractivity contribution in [2.75, 3.05) is 16.4 Å². The molecule has 0 aliphatic carbocycles. The van der Waals surface area contributed by atoms with E-state index in [2.05, 4.69) is 10.6 Å². The van der Waals surface area contributed by atoms with Gasteiger partial charge in [0.1, 0.15) is 0 Å². The molecule has 40 heavy (non-hydrogen) atoms. The molecule has 0 fully saturated rings. The van der Waals surface area contributed by atoms with Gasteiger partial charge in [-0.1, -0.05) is 65.7 Å². The Morgan fingerprint density at radius 1 is 0.750 bits per heavy atom. The normalized spacial score (nSPS) is 11.1. The van der Waals surface area contributed by atoms with Crippen LogP contribution in [0.2, 0.25) is 5.02 Å². The van der Waals surface area contributed by atoms with Crippen LogP contribution in [0.4, 0.5) is 11.4 Å². The quantitative estimate of drug-likeness (QED) is 0.215. The zero-order valence-corrected chi connectivity index (χ0v) is 23.3. The maximum atomic E-state index is 13.3. The van der Waals surface area contributed by atoms with Gasteiger partial charge in [-0.05, 0) is 61.9 Å². The number of amides is 2. The number of nitrogens with one attached hydrogen (secondary N) is 2. The fourth-order valence-electron chi connectivity index (χ4n) is 4.07. The number of rotatable bonds is 10. The Kier molecular flexibility index (Phi) is 9.14. The predicted molar refractivity (Wildman–Crippen MR) is 157 cm³/mol. The largest absolute Gasteiger partial charge is 0.325 e. The average molecular weight is 575 g/mol. The molecule has 0 bridgehead atoms. The van der Waals surface area contributed by atoms with Crippen LogP contribution in [0.5, 0.6) is 0 Å². The number of carbonyl (C=O) groups excluding carboxylic acids is 3. The highest BCUT2D eigenvalue weighted by Gasteiger charge is 2.19. The molecular weight excluding hydrogens is 548 g/mol. The van der Waals surface area contributed by atoms with Crippen LogP contribution in [0, 0.1) is 6.92 Å². The third kappa shape index (κ3) is 7.22. The number of hydrogen-bond donors (Lipinski definition) is 2. The Bertz CT molecular complexity index is 1650. The Morgan fingerprint density at radius 2 is 1.40 bits per heavy atom. The lowest BCUT2D eigenvalue weighted by Crippen LogP contribution is -2.20. The molecule has 0 unspecified atom stereocenters. The summed E-state index contributed by atoms with van der Waals surface area (Å²) in [5.41, 5.74) is 2.52. The van der Waals surface area contributed by atoms with Crippen LogP contribution in [0.25, 0.3) is 0 Å². The molecule has 0 saturated carbocycles. The molecule has 2 amide bonds. The van der Waals surface area contributed by atoms with Crippen molar-refractivity contribution in [3.05, 3.63) is 124 Å². The smallest absolute Gasteiger partial charge is 0.257 e. The van der Waals surface area contributed by atoms with Gasteiger partial charge in [-0.3, -0.25) is 14.4 Å². The van der Waals surface area contributed by atoms with Gasteiger partial charge in [-0.15, -0.1) is 0 Å². The molecule has 0 aliphatic heterocycles. The molecule has 4 aromatic carbocycles. The number of aryl methyl sites for hydroxylation is 1. The van der Waals surface area contributed by atoms with Crippen molar-refractivity contribution in [2.45, 2.75) is 24.7 Å². The monoisotopic (exact) mass is 574 g/mol. The van der Waals surface area contributed by atoms with E-state index in [1.165, 1.54) is 24.3 Å². The molecule has 0 aliphatic rings. The second-order valence-corrected chi connectivity index (χ2v) is 11.7. The molecule has 0 saturated heterocycles. The van der Waals surface area contributed by atoms with Gasteiger partial charge in [0.05, 0.1) is 27.6 Å². The first-order chi connectivity index (χ1) is 19.1. The Morgan fingerprint density at radius 3 is 2.12 bits per heavy atom. The van der Waals surface area contributed by atoms with E-state index in [0.29, 0.717) is 21.8 Å². The van der Waals surface area contributed by atoms with Crippen molar-refractivity contribution in [3.8, 4) is 0 Å². The first-order valence-electron chi connectivity index (χ1n) is 12.5. The highest BCUT2D eigenvalue weighted by molar-refractivity contribution is 7.91. The second kappa shape index (κ2) is 12.7. The summed E-state index contributed by atoms with van der Waals surface area (Å²) in [4.78, 5) is 39.2. The molecule has 2 N–H and O–H groups in total. The zero-order valence-electron chi connectivity index (χ0n) is 21.7. The number of para-hydroxylation sites is 1. The maximum Gasteiger partial charge on any atom is 0.257 e. The minimum Gasteiger partial charge on any atom is -0.325 e. The van der Waals surface area contributed by atoms with Crippen LogP contribution in [0.1, 0.15) is 44.7 Å². The van der Waals surface area contributed by atoms with Gasteiger partial charge in [0, 0.05) is 22.6 Å². The standard InChI is InChI=1S/C31H27ClN2O5S/c1-21-13-18-28(26(20-21)30(36)22-8-3-2-4-9-22)34-31(37)25-10-5-6-11-27(25)33-29(35)12-7-19-40(38,39)24-16-14-23(32)15-17-24/h2-6,8-11,13-18,20H,7,12,19H2,1H3,(H,33,35)(H,34,37). The number of hydrogen-bond acceptors (Lipinski definition) is 5. The summed E-state index contributed by atoms with van der Waals surface area (Å²) < 4.78 is 25.1. The van der Waals surface area contributed by atoms with Gasteiger partial charge in [-0.2, -0.15) is 0 Å². The minimum atomic E-state index is -3.57. The van der Waals surface area contributed by atoms with Gasteiger partial charge < -0.3 is 10.6 Å². The fourth-order valence-corrected chi connectivity index (χ4v) is 5.51. The van der Waals surface area contributed by atoms with Gasteiger partial charge >= 0.3 is 0 Å². The average Bonchev–Trinajstić information content (AvgIpc) is 2.94. The molecule has 4 rings (SSSR count). The number of benzene rings is 4. The van der Waals surface area contributed by atoms with Crippen molar-refractivity contribution in [1.29, 1.82) is 0 Å². The third-order valence-electron chi connectivity index (χ3n) is 6.14. The van der Waals surface area contributed by atoms with E-state index in [1.54, 1.807) is 66.7 Å². The molecule has 0 aromatic heterocycles. The van der Waals surface area contributed by atoms with Gasteiger partial charge in [-0.25, -0.2) is 8.42 Å². The zero-order chi connectivity index (χ0) is 28.7. The highest BCUT2D eigenvalue weighted by atomic mass is 35.5. The Labute approximate surface area is 238 Å². The maximum absolute atomic E-state index is 13.3. The summed E-state index contributed by atoms with van der Waals surface area (Å²) in [6, 6.07) is 26.3. The highest BCUT2D eigenvalue weighted by Crippen LogP contribution is 2.24. The molecular formula is C31H27ClN2O5S. The Hall–Kier alpha value is -4.27. The van der Waals surface area contributed by atoms with Crippen LogP contribution < -0.4 is 10.6 Å². The summed E-state index contributed by atoms with van der Waals surface area (Å²) in [6.45, 7) is 1.86. The third-order valence-corrected chi connectivity index (χ3v) is 8.21. The van der Waals surface area contributed by atoms with E-state index in [0.717, 1.165) is 5.56 Å². The van der Waals surface area contributed by atoms with E-state index in [4.69, 9.17) is 11.6 Å². The van der Waals surface area contributed by atoms with Crippen LogP contribution in [-0.2, 0) is 14.6 Å². The van der Waals surface area contributed by atoms with Gasteiger partial charge in [0.2, 0.25) is 5.91 Å². The van der Waals surface area contributed by atoms with Crippen LogP contribution in [0.15, 0.2) is 102 Å². The number of carbonyl (C=O) groups is 3. The fraction of sp³-hybridized carbons (Fsp3) is 0.129. The minimum absolute atomic E-state index is 0.0591. The van der Waals surface area contributed by atoms with Crippen molar-refractivity contribution >= 4 is 50.4 Å². The summed E-state index contributed by atoms with van der Waals surface area (Å²) in [5, 5.41) is 5.94.